The minimum Gasteiger partial charge on any atom is -0.338 e. The first-order valence-electron chi connectivity index (χ1n) is 7.42. The van der Waals surface area contributed by atoms with Crippen molar-refractivity contribution in [2.24, 2.45) is 0 Å². The molecule has 0 aromatic heterocycles. The average molecular weight is 258 g/mol. The molecular weight excluding hydrogens is 236 g/mol. The molecule has 0 spiro atoms. The van der Waals surface area contributed by atoms with Gasteiger partial charge in [-0.1, -0.05) is 30.3 Å². The summed E-state index contributed by atoms with van der Waals surface area (Å²) in [6, 6.07) is 11.5. The molecule has 102 valence electrons. The van der Waals surface area contributed by atoms with Crippen LogP contribution in [-0.2, 0) is 4.79 Å². The lowest BCUT2D eigenvalue weighted by molar-refractivity contribution is -0.136. The van der Waals surface area contributed by atoms with Crippen molar-refractivity contribution in [3.63, 3.8) is 0 Å². The number of likely N-dealkylation sites (tertiary alicyclic amines) is 1. The normalized spacial score (nSPS) is 28.4. The van der Waals surface area contributed by atoms with Crippen LogP contribution >= 0.6 is 0 Å². The van der Waals surface area contributed by atoms with E-state index in [1.165, 1.54) is 12.0 Å². The molecule has 19 heavy (non-hydrogen) atoms. The summed E-state index contributed by atoms with van der Waals surface area (Å²) in [6.45, 7) is 1.90. The van der Waals surface area contributed by atoms with Crippen LogP contribution in [0.4, 0.5) is 0 Å². The standard InChI is InChI=1S/C16H22N2O/c19-16-8-4-5-11-18(16)14-9-10-15(17-12-14)13-6-2-1-3-7-13/h1-3,6-7,14-15,17H,4-5,8-12H2. The second kappa shape index (κ2) is 5.74. The Hall–Kier alpha value is -1.35. The molecule has 3 heteroatoms. The molecule has 2 aliphatic rings. The van der Waals surface area contributed by atoms with Crippen LogP contribution in [0, 0.1) is 0 Å². The molecule has 2 atom stereocenters. The fraction of sp³-hybridized carbons (Fsp3) is 0.562. The molecule has 2 heterocycles. The number of hydrogen-bond donors (Lipinski definition) is 1. The largest absolute Gasteiger partial charge is 0.338 e. The van der Waals surface area contributed by atoms with Gasteiger partial charge in [-0.25, -0.2) is 0 Å². The summed E-state index contributed by atoms with van der Waals surface area (Å²) in [5, 5.41) is 3.61. The van der Waals surface area contributed by atoms with E-state index in [1.54, 1.807) is 0 Å². The Morgan fingerprint density at radius 3 is 2.63 bits per heavy atom. The molecule has 0 aliphatic carbocycles. The summed E-state index contributed by atoms with van der Waals surface area (Å²) in [5.41, 5.74) is 1.37. The van der Waals surface area contributed by atoms with Crippen LogP contribution in [-0.4, -0.2) is 29.9 Å². The average Bonchev–Trinajstić information content (AvgIpc) is 2.49. The maximum absolute atomic E-state index is 11.9. The number of nitrogens with one attached hydrogen (secondary N) is 1. The van der Waals surface area contributed by atoms with Crippen molar-refractivity contribution >= 4 is 5.91 Å². The van der Waals surface area contributed by atoms with Gasteiger partial charge in [0, 0.05) is 31.6 Å². The number of benzene rings is 1. The van der Waals surface area contributed by atoms with Gasteiger partial charge in [0.15, 0.2) is 0 Å². The van der Waals surface area contributed by atoms with Crippen LogP contribution < -0.4 is 5.32 Å². The topological polar surface area (TPSA) is 32.3 Å². The number of carbonyl (C=O) groups is 1. The van der Waals surface area contributed by atoms with Gasteiger partial charge in [-0.05, 0) is 31.2 Å². The first kappa shape index (κ1) is 12.7. The summed E-state index contributed by atoms with van der Waals surface area (Å²) in [7, 11) is 0. The highest BCUT2D eigenvalue weighted by Crippen LogP contribution is 2.26. The van der Waals surface area contributed by atoms with E-state index >= 15 is 0 Å². The Morgan fingerprint density at radius 1 is 1.11 bits per heavy atom. The van der Waals surface area contributed by atoms with Gasteiger partial charge in [0.2, 0.25) is 5.91 Å². The molecule has 1 amide bonds. The monoisotopic (exact) mass is 258 g/mol. The number of amides is 1. The maximum atomic E-state index is 11.9. The zero-order valence-electron chi connectivity index (χ0n) is 11.3. The van der Waals surface area contributed by atoms with E-state index in [9.17, 15) is 4.79 Å². The van der Waals surface area contributed by atoms with E-state index in [1.807, 2.05) is 0 Å². The van der Waals surface area contributed by atoms with Crippen LogP contribution in [0.1, 0.15) is 43.7 Å². The lowest BCUT2D eigenvalue weighted by Gasteiger charge is -2.39. The molecule has 2 aliphatic heterocycles. The molecule has 1 N–H and O–H groups in total. The Kier molecular flexibility index (Phi) is 3.83. The highest BCUT2D eigenvalue weighted by atomic mass is 16.2. The van der Waals surface area contributed by atoms with Crippen molar-refractivity contribution in [3.8, 4) is 0 Å². The molecule has 0 radical (unpaired) electrons. The highest BCUT2D eigenvalue weighted by molar-refractivity contribution is 5.77. The van der Waals surface area contributed by atoms with Crippen LogP contribution in [0.5, 0.6) is 0 Å². The smallest absolute Gasteiger partial charge is 0.222 e. The first-order valence-corrected chi connectivity index (χ1v) is 7.42. The lowest BCUT2D eigenvalue weighted by Crippen LogP contribution is -2.51. The fourth-order valence-electron chi connectivity index (χ4n) is 3.29. The predicted molar refractivity (Wildman–Crippen MR) is 75.8 cm³/mol. The molecule has 3 nitrogen and oxygen atoms in total. The predicted octanol–water partition coefficient (Wildman–Crippen LogP) is 2.49. The molecule has 3 rings (SSSR count). The Bertz CT molecular complexity index is 424. The van der Waals surface area contributed by atoms with Crippen molar-refractivity contribution in [2.75, 3.05) is 13.1 Å². The molecule has 2 unspecified atom stereocenters. The van der Waals surface area contributed by atoms with E-state index < -0.39 is 0 Å². The molecule has 0 bridgehead atoms. The third kappa shape index (κ3) is 2.81. The highest BCUT2D eigenvalue weighted by Gasteiger charge is 2.30. The second-order valence-electron chi connectivity index (χ2n) is 5.65. The van der Waals surface area contributed by atoms with Gasteiger partial charge in [0.25, 0.3) is 0 Å². The van der Waals surface area contributed by atoms with Gasteiger partial charge < -0.3 is 10.2 Å². The summed E-state index contributed by atoms with van der Waals surface area (Å²) in [5.74, 6) is 0.358. The zero-order chi connectivity index (χ0) is 13.1. The van der Waals surface area contributed by atoms with E-state index in [2.05, 4.69) is 40.5 Å². The van der Waals surface area contributed by atoms with E-state index in [4.69, 9.17) is 0 Å². The first-order chi connectivity index (χ1) is 9.34. The minimum absolute atomic E-state index is 0.358. The van der Waals surface area contributed by atoms with Crippen molar-refractivity contribution in [1.82, 2.24) is 10.2 Å². The minimum atomic E-state index is 0.358. The SMILES string of the molecule is O=C1CCCCN1C1CCC(c2ccccc2)NC1. The third-order valence-electron chi connectivity index (χ3n) is 4.39. The Labute approximate surface area is 115 Å². The summed E-state index contributed by atoms with van der Waals surface area (Å²) >= 11 is 0. The van der Waals surface area contributed by atoms with Crippen molar-refractivity contribution in [1.29, 1.82) is 0 Å². The Morgan fingerprint density at radius 2 is 1.95 bits per heavy atom. The Balaban J connectivity index is 1.59. The number of piperidine rings is 2. The van der Waals surface area contributed by atoms with Gasteiger partial charge in [-0.15, -0.1) is 0 Å². The summed E-state index contributed by atoms with van der Waals surface area (Å²) < 4.78 is 0. The molecule has 2 fully saturated rings. The maximum Gasteiger partial charge on any atom is 0.222 e. The van der Waals surface area contributed by atoms with Gasteiger partial charge in [0.1, 0.15) is 0 Å². The molecule has 2 saturated heterocycles. The number of rotatable bonds is 2. The van der Waals surface area contributed by atoms with Crippen LogP contribution in [0.3, 0.4) is 0 Å². The van der Waals surface area contributed by atoms with E-state index in [0.717, 1.165) is 38.8 Å². The van der Waals surface area contributed by atoms with Gasteiger partial charge in [0.05, 0.1) is 0 Å². The third-order valence-corrected chi connectivity index (χ3v) is 4.39. The quantitative estimate of drug-likeness (QED) is 0.884. The van der Waals surface area contributed by atoms with Crippen molar-refractivity contribution in [2.45, 2.75) is 44.2 Å². The zero-order valence-corrected chi connectivity index (χ0v) is 11.3. The fourth-order valence-corrected chi connectivity index (χ4v) is 3.29. The summed E-state index contributed by atoms with van der Waals surface area (Å²) in [4.78, 5) is 14.1. The van der Waals surface area contributed by atoms with E-state index in [0.29, 0.717) is 18.0 Å². The number of hydrogen-bond acceptors (Lipinski definition) is 2. The van der Waals surface area contributed by atoms with Crippen LogP contribution in [0.2, 0.25) is 0 Å². The van der Waals surface area contributed by atoms with E-state index in [-0.39, 0.29) is 0 Å². The molecule has 0 saturated carbocycles. The second-order valence-corrected chi connectivity index (χ2v) is 5.65. The van der Waals surface area contributed by atoms with Gasteiger partial charge in [-0.3, -0.25) is 4.79 Å². The van der Waals surface area contributed by atoms with Crippen molar-refractivity contribution in [3.05, 3.63) is 35.9 Å². The summed E-state index contributed by atoms with van der Waals surface area (Å²) in [6.07, 6.45) is 5.24. The van der Waals surface area contributed by atoms with Gasteiger partial charge >= 0.3 is 0 Å². The van der Waals surface area contributed by atoms with Crippen LogP contribution in [0.25, 0.3) is 0 Å². The lowest BCUT2D eigenvalue weighted by atomic mass is 9.93. The molecular formula is C16H22N2O. The molecule has 1 aromatic carbocycles. The number of carbonyl (C=O) groups excluding carboxylic acids is 1. The van der Waals surface area contributed by atoms with Gasteiger partial charge in [-0.2, -0.15) is 0 Å². The molecule has 1 aromatic rings. The number of nitrogens with zero attached hydrogens (tertiary/aromatic N) is 1. The van der Waals surface area contributed by atoms with Crippen LogP contribution in [0.15, 0.2) is 30.3 Å². The van der Waals surface area contributed by atoms with Crippen molar-refractivity contribution < 1.29 is 4.79 Å².